The van der Waals surface area contributed by atoms with E-state index in [0.29, 0.717) is 0 Å². The van der Waals surface area contributed by atoms with Crippen molar-refractivity contribution in [3.63, 3.8) is 0 Å². The minimum atomic E-state index is 0.211. The number of fused-ring (bicyclic) bond motifs is 1. The van der Waals surface area contributed by atoms with Gasteiger partial charge in [-0.05, 0) is 54.4 Å². The summed E-state index contributed by atoms with van der Waals surface area (Å²) >= 11 is 0. The molecule has 0 aromatic heterocycles. The first-order valence-corrected chi connectivity index (χ1v) is 6.47. The maximum Gasteiger partial charge on any atom is 0.0417 e. The van der Waals surface area contributed by atoms with Crippen molar-refractivity contribution in [2.75, 3.05) is 5.32 Å². The van der Waals surface area contributed by atoms with Gasteiger partial charge in [-0.15, -0.1) is 0 Å². The molecule has 1 heteroatoms. The van der Waals surface area contributed by atoms with Crippen LogP contribution in [0.4, 0.5) is 5.69 Å². The molecule has 0 saturated carbocycles. The van der Waals surface area contributed by atoms with E-state index in [4.69, 9.17) is 0 Å². The van der Waals surface area contributed by atoms with Crippen LogP contribution in [0.5, 0.6) is 0 Å². The Morgan fingerprint density at radius 3 is 2.53 bits per heavy atom. The lowest BCUT2D eigenvalue weighted by Gasteiger charge is -2.27. The Balaban J connectivity index is 2.60. The van der Waals surface area contributed by atoms with Crippen molar-refractivity contribution in [3.8, 4) is 0 Å². The molecule has 1 aromatic rings. The Morgan fingerprint density at radius 2 is 1.88 bits per heavy atom. The summed E-state index contributed by atoms with van der Waals surface area (Å²) in [6.07, 6.45) is 3.44. The van der Waals surface area contributed by atoms with Crippen molar-refractivity contribution in [1.29, 1.82) is 0 Å². The van der Waals surface area contributed by atoms with E-state index in [9.17, 15) is 0 Å². The molecule has 0 unspecified atom stereocenters. The van der Waals surface area contributed by atoms with Gasteiger partial charge in [-0.1, -0.05) is 33.4 Å². The second-order valence-electron chi connectivity index (χ2n) is 6.12. The van der Waals surface area contributed by atoms with Crippen LogP contribution in [-0.2, 0) is 11.8 Å². The standard InChI is InChI=1S/C16H23N/c1-11-9-10-14-13(15(11)16(3,4)5)8-6-7-12(2)17-14/h9-10,17H,2,6-8H2,1,3-5H3. The first-order chi connectivity index (χ1) is 7.89. The van der Waals surface area contributed by atoms with E-state index >= 15 is 0 Å². The second kappa shape index (κ2) is 4.21. The molecule has 1 N–H and O–H groups in total. The van der Waals surface area contributed by atoms with Gasteiger partial charge in [-0.25, -0.2) is 0 Å². The van der Waals surface area contributed by atoms with Crippen LogP contribution in [0.2, 0.25) is 0 Å². The molecule has 0 amide bonds. The molecule has 17 heavy (non-hydrogen) atoms. The highest BCUT2D eigenvalue weighted by atomic mass is 14.9. The summed E-state index contributed by atoms with van der Waals surface area (Å²) in [6, 6.07) is 4.43. The highest BCUT2D eigenvalue weighted by Gasteiger charge is 2.23. The summed E-state index contributed by atoms with van der Waals surface area (Å²) in [4.78, 5) is 0. The Hall–Kier alpha value is -1.24. The zero-order chi connectivity index (χ0) is 12.6. The molecule has 0 spiro atoms. The number of benzene rings is 1. The van der Waals surface area contributed by atoms with Gasteiger partial charge in [0.05, 0.1) is 0 Å². The third-order valence-electron chi connectivity index (χ3n) is 3.49. The van der Waals surface area contributed by atoms with Gasteiger partial charge < -0.3 is 5.32 Å². The summed E-state index contributed by atoms with van der Waals surface area (Å²) in [5, 5.41) is 3.47. The zero-order valence-electron chi connectivity index (χ0n) is 11.5. The number of nitrogens with one attached hydrogen (secondary N) is 1. The highest BCUT2D eigenvalue weighted by molar-refractivity contribution is 5.62. The van der Waals surface area contributed by atoms with Gasteiger partial charge >= 0.3 is 0 Å². The van der Waals surface area contributed by atoms with Gasteiger partial charge in [0.2, 0.25) is 0 Å². The fraction of sp³-hybridized carbons (Fsp3) is 0.500. The van der Waals surface area contributed by atoms with Crippen LogP contribution in [0, 0.1) is 6.92 Å². The van der Waals surface area contributed by atoms with Crippen molar-refractivity contribution in [2.45, 2.75) is 52.4 Å². The van der Waals surface area contributed by atoms with E-state index in [1.54, 1.807) is 0 Å². The first-order valence-electron chi connectivity index (χ1n) is 6.47. The number of anilines is 1. The average molecular weight is 229 g/mol. The van der Waals surface area contributed by atoms with Crippen LogP contribution in [0.1, 0.15) is 50.3 Å². The van der Waals surface area contributed by atoms with Gasteiger partial charge in [-0.3, -0.25) is 0 Å². The quantitative estimate of drug-likeness (QED) is 0.688. The van der Waals surface area contributed by atoms with Gasteiger partial charge in [0.15, 0.2) is 0 Å². The highest BCUT2D eigenvalue weighted by Crippen LogP contribution is 2.36. The predicted octanol–water partition coefficient (Wildman–Crippen LogP) is 4.55. The maximum absolute atomic E-state index is 4.08. The number of allylic oxidation sites excluding steroid dienone is 1. The number of aryl methyl sites for hydroxylation is 1. The fourth-order valence-corrected chi connectivity index (χ4v) is 2.92. The van der Waals surface area contributed by atoms with Gasteiger partial charge in [0.25, 0.3) is 0 Å². The lowest BCUT2D eigenvalue weighted by Crippen LogP contribution is -2.17. The number of rotatable bonds is 0. The molecule has 1 nitrogen and oxygen atoms in total. The topological polar surface area (TPSA) is 12.0 Å². The average Bonchev–Trinajstić information content (AvgIpc) is 2.36. The van der Waals surface area contributed by atoms with E-state index in [1.165, 1.54) is 28.8 Å². The van der Waals surface area contributed by atoms with E-state index in [2.05, 4.69) is 51.7 Å². The summed E-state index contributed by atoms with van der Waals surface area (Å²) in [5.74, 6) is 0. The molecule has 0 fully saturated rings. The van der Waals surface area contributed by atoms with Crippen molar-refractivity contribution < 1.29 is 0 Å². The summed E-state index contributed by atoms with van der Waals surface area (Å²) < 4.78 is 0. The minimum absolute atomic E-state index is 0.211. The molecular weight excluding hydrogens is 206 g/mol. The second-order valence-corrected chi connectivity index (χ2v) is 6.12. The van der Waals surface area contributed by atoms with E-state index in [0.717, 1.165) is 18.5 Å². The molecule has 0 bridgehead atoms. The summed E-state index contributed by atoms with van der Waals surface area (Å²) in [7, 11) is 0. The fourth-order valence-electron chi connectivity index (χ4n) is 2.92. The van der Waals surface area contributed by atoms with Gasteiger partial charge in [0.1, 0.15) is 0 Å². The zero-order valence-corrected chi connectivity index (χ0v) is 11.5. The summed E-state index contributed by atoms with van der Waals surface area (Å²) in [6.45, 7) is 13.2. The molecule has 1 aromatic carbocycles. The Kier molecular flexibility index (Phi) is 3.03. The molecule has 1 heterocycles. The van der Waals surface area contributed by atoms with Crippen molar-refractivity contribution in [1.82, 2.24) is 0 Å². The van der Waals surface area contributed by atoms with E-state index in [-0.39, 0.29) is 5.41 Å². The van der Waals surface area contributed by atoms with Crippen molar-refractivity contribution in [2.24, 2.45) is 0 Å². The smallest absolute Gasteiger partial charge is 0.0417 e. The maximum atomic E-state index is 4.08. The van der Waals surface area contributed by atoms with Gasteiger partial charge in [-0.2, -0.15) is 0 Å². The molecule has 0 atom stereocenters. The lowest BCUT2D eigenvalue weighted by molar-refractivity contribution is 0.577. The Morgan fingerprint density at radius 1 is 1.18 bits per heavy atom. The van der Waals surface area contributed by atoms with E-state index < -0.39 is 0 Å². The molecule has 92 valence electrons. The van der Waals surface area contributed by atoms with Crippen LogP contribution in [0.25, 0.3) is 0 Å². The van der Waals surface area contributed by atoms with Crippen molar-refractivity contribution >= 4 is 5.69 Å². The van der Waals surface area contributed by atoms with Crippen LogP contribution in [-0.4, -0.2) is 0 Å². The Bertz CT molecular complexity index is 449. The molecule has 0 aliphatic carbocycles. The molecule has 1 aliphatic heterocycles. The SMILES string of the molecule is C=C1CCCc2c(ccc(C)c2C(C)(C)C)N1. The monoisotopic (exact) mass is 229 g/mol. The predicted molar refractivity (Wildman–Crippen MR) is 75.6 cm³/mol. The molecule has 2 rings (SSSR count). The van der Waals surface area contributed by atoms with Crippen LogP contribution in [0.3, 0.4) is 0 Å². The van der Waals surface area contributed by atoms with E-state index in [1.807, 2.05) is 0 Å². The molecule has 0 radical (unpaired) electrons. The van der Waals surface area contributed by atoms with Crippen LogP contribution < -0.4 is 5.32 Å². The third-order valence-corrected chi connectivity index (χ3v) is 3.49. The molecule has 0 saturated heterocycles. The normalized spacial score (nSPS) is 16.1. The Labute approximate surface area is 105 Å². The largest absolute Gasteiger partial charge is 0.359 e. The number of hydrogen-bond donors (Lipinski definition) is 1. The third kappa shape index (κ3) is 2.38. The first kappa shape index (κ1) is 12.2. The van der Waals surface area contributed by atoms with Gasteiger partial charge in [0, 0.05) is 11.4 Å². The lowest BCUT2D eigenvalue weighted by atomic mass is 9.79. The van der Waals surface area contributed by atoms with Crippen LogP contribution >= 0.6 is 0 Å². The summed E-state index contributed by atoms with van der Waals surface area (Å²) in [5.41, 5.74) is 7.04. The molecular formula is C16H23N. The van der Waals surface area contributed by atoms with Crippen molar-refractivity contribution in [3.05, 3.63) is 41.1 Å². The number of hydrogen-bond acceptors (Lipinski definition) is 1. The van der Waals surface area contributed by atoms with Crippen LogP contribution in [0.15, 0.2) is 24.4 Å². The molecule has 1 aliphatic rings. The minimum Gasteiger partial charge on any atom is -0.359 e.